The predicted octanol–water partition coefficient (Wildman–Crippen LogP) is 1.51. The van der Waals surface area contributed by atoms with Gasteiger partial charge in [-0.15, -0.1) is 0 Å². The Labute approximate surface area is 170 Å². The lowest BCUT2D eigenvalue weighted by Gasteiger charge is -2.43. The number of nitrogens with two attached hydrogens (primary N) is 1. The Morgan fingerprint density at radius 1 is 0.867 bits per heavy atom. The molecule has 0 aromatic rings. The highest BCUT2D eigenvalue weighted by atomic mass is 32.2. The minimum atomic E-state index is -4.80. The fraction of sp³-hybridized carbons (Fsp3) is 1.00. The van der Waals surface area contributed by atoms with Crippen molar-refractivity contribution in [2.75, 3.05) is 5.75 Å². The molecule has 3 rings (SSSR count). The number of hydrogen-bond donors (Lipinski definition) is 4. The summed E-state index contributed by atoms with van der Waals surface area (Å²) < 4.78 is 112. The number of halogens is 6. The van der Waals surface area contributed by atoms with Crippen LogP contribution >= 0.6 is 0 Å². The van der Waals surface area contributed by atoms with Crippen LogP contribution in [0.5, 0.6) is 0 Å². The van der Waals surface area contributed by atoms with Crippen LogP contribution in [0.3, 0.4) is 0 Å². The molecule has 30 heavy (non-hydrogen) atoms. The van der Waals surface area contributed by atoms with Gasteiger partial charge in [0.2, 0.25) is 0 Å². The third-order valence-corrected chi connectivity index (χ3v) is 8.08. The van der Waals surface area contributed by atoms with Crippen LogP contribution in [0.15, 0.2) is 0 Å². The molecule has 0 radical (unpaired) electrons. The van der Waals surface area contributed by atoms with Gasteiger partial charge in [0.1, 0.15) is 17.8 Å². The molecule has 0 spiro atoms. The van der Waals surface area contributed by atoms with Gasteiger partial charge in [0, 0.05) is 6.04 Å². The van der Waals surface area contributed by atoms with E-state index in [0.717, 1.165) is 0 Å². The first-order valence-corrected chi connectivity index (χ1v) is 11.6. The van der Waals surface area contributed by atoms with Gasteiger partial charge >= 0.3 is 12.4 Å². The number of piperidine rings is 1. The molecule has 4 bridgehead atoms. The molecular formula is C16H26F6N4O3S. The molecule has 6 unspecified atom stereocenters. The summed E-state index contributed by atoms with van der Waals surface area (Å²) in [6.45, 7) is 0. The predicted molar refractivity (Wildman–Crippen MR) is 94.2 cm³/mol. The smallest absolute Gasteiger partial charge is 0.340 e. The number of sulfone groups is 1. The first kappa shape index (κ1) is 24.0. The fourth-order valence-electron chi connectivity index (χ4n) is 4.36. The van der Waals surface area contributed by atoms with Gasteiger partial charge in [-0.05, 0) is 19.3 Å². The maximum atomic E-state index is 13.6. The number of ether oxygens (including phenoxy) is 1. The van der Waals surface area contributed by atoms with Crippen molar-refractivity contribution in [2.24, 2.45) is 17.6 Å². The van der Waals surface area contributed by atoms with Gasteiger partial charge in [0.05, 0.1) is 23.6 Å². The second kappa shape index (κ2) is 8.70. The monoisotopic (exact) mass is 468 g/mol. The van der Waals surface area contributed by atoms with Gasteiger partial charge in [-0.2, -0.15) is 26.3 Å². The van der Waals surface area contributed by atoms with E-state index in [1.807, 2.05) is 0 Å². The Morgan fingerprint density at radius 2 is 1.47 bits per heavy atom. The van der Waals surface area contributed by atoms with Gasteiger partial charge in [-0.25, -0.2) is 19.3 Å². The van der Waals surface area contributed by atoms with Crippen molar-refractivity contribution in [3.8, 4) is 0 Å². The Hall–Kier alpha value is -0.670. The molecule has 3 aliphatic heterocycles. The molecule has 3 fully saturated rings. The van der Waals surface area contributed by atoms with Gasteiger partial charge in [0.15, 0.2) is 9.84 Å². The van der Waals surface area contributed by atoms with E-state index < -0.39 is 76.1 Å². The van der Waals surface area contributed by atoms with Gasteiger partial charge in [-0.3, -0.25) is 5.32 Å². The molecule has 0 amide bonds. The van der Waals surface area contributed by atoms with E-state index >= 15 is 0 Å². The largest absolute Gasteiger partial charge is 0.395 e. The molecule has 0 saturated carbocycles. The average molecular weight is 468 g/mol. The summed E-state index contributed by atoms with van der Waals surface area (Å²) in [4.78, 5) is 0. The van der Waals surface area contributed by atoms with Gasteiger partial charge in [0.25, 0.3) is 0 Å². The summed E-state index contributed by atoms with van der Waals surface area (Å²) >= 11 is 0. The molecule has 3 saturated heterocycles. The molecule has 176 valence electrons. The highest BCUT2D eigenvalue weighted by Crippen LogP contribution is 2.40. The summed E-state index contributed by atoms with van der Waals surface area (Å²) in [7, 11) is -4.18. The molecule has 14 heteroatoms. The zero-order valence-electron chi connectivity index (χ0n) is 16.0. The van der Waals surface area contributed by atoms with E-state index in [2.05, 4.69) is 16.2 Å². The average Bonchev–Trinajstić information content (AvgIpc) is 3.07. The second-order valence-electron chi connectivity index (χ2n) is 8.14. The lowest BCUT2D eigenvalue weighted by Crippen LogP contribution is -2.68. The third kappa shape index (κ3) is 5.21. The number of hydrazine groups is 1. The Bertz CT molecular complexity index is 704. The summed E-state index contributed by atoms with van der Waals surface area (Å²) in [6.07, 6.45) is -12.0. The normalized spacial score (nSPS) is 41.2. The van der Waals surface area contributed by atoms with Crippen molar-refractivity contribution in [1.29, 1.82) is 0 Å². The maximum absolute atomic E-state index is 13.6. The molecule has 7 nitrogen and oxygen atoms in total. The number of alkyl halides is 6. The van der Waals surface area contributed by atoms with Crippen LogP contribution < -0.4 is 21.9 Å². The van der Waals surface area contributed by atoms with E-state index in [4.69, 9.17) is 10.5 Å². The van der Waals surface area contributed by atoms with E-state index in [-0.39, 0.29) is 19.3 Å². The highest BCUT2D eigenvalue weighted by Gasteiger charge is 2.56. The van der Waals surface area contributed by atoms with Crippen LogP contribution in [0.25, 0.3) is 0 Å². The molecule has 0 aromatic carbocycles. The summed E-state index contributed by atoms with van der Waals surface area (Å²) in [5.41, 5.74) is 10.8. The molecule has 0 aromatic heterocycles. The second-order valence-corrected chi connectivity index (χ2v) is 10.4. The Kier molecular flexibility index (Phi) is 6.95. The standard InChI is InChI=1S/C16H26F6N4O3S/c17-15(18,19)8-5-3-1-2-4-6-30(27,28)14-9(16(20,21)22)7-10(23)11(24-14)13-26-25-12(8)29-13/h8-14,24-26H,1-7,23H2/t8-,9?,10?,11?,12?,13?,14?/m1/s1. The first-order chi connectivity index (χ1) is 13.8. The van der Waals surface area contributed by atoms with E-state index in [1.165, 1.54) is 0 Å². The van der Waals surface area contributed by atoms with Crippen molar-refractivity contribution >= 4 is 9.84 Å². The van der Waals surface area contributed by atoms with Crippen LogP contribution in [0.4, 0.5) is 26.3 Å². The van der Waals surface area contributed by atoms with E-state index in [1.54, 1.807) is 0 Å². The molecule has 7 atom stereocenters. The Morgan fingerprint density at radius 3 is 2.10 bits per heavy atom. The molecule has 5 N–H and O–H groups in total. The number of fused-ring (bicyclic) bond motifs is 5. The van der Waals surface area contributed by atoms with Gasteiger partial charge in [-0.1, -0.05) is 19.3 Å². The summed E-state index contributed by atoms with van der Waals surface area (Å²) in [5.74, 6) is -4.52. The minimum Gasteiger partial charge on any atom is -0.340 e. The fourth-order valence-corrected chi connectivity index (χ4v) is 6.35. The van der Waals surface area contributed by atoms with Crippen molar-refractivity contribution in [3.05, 3.63) is 0 Å². The number of hydrogen-bond acceptors (Lipinski definition) is 7. The lowest BCUT2D eigenvalue weighted by atomic mass is 9.89. The summed E-state index contributed by atoms with van der Waals surface area (Å²) in [5, 5.41) is 0.507. The molecule has 3 aliphatic rings. The third-order valence-electron chi connectivity index (χ3n) is 5.98. The van der Waals surface area contributed by atoms with E-state index in [9.17, 15) is 34.8 Å². The number of rotatable bonds is 0. The highest BCUT2D eigenvalue weighted by molar-refractivity contribution is 7.92. The molecular weight excluding hydrogens is 442 g/mol. The minimum absolute atomic E-state index is 0.0817. The zero-order chi connectivity index (χ0) is 22.3. The van der Waals surface area contributed by atoms with Crippen molar-refractivity contribution in [2.45, 2.75) is 80.8 Å². The van der Waals surface area contributed by atoms with E-state index in [0.29, 0.717) is 12.8 Å². The van der Waals surface area contributed by atoms with Crippen LogP contribution in [-0.2, 0) is 14.6 Å². The number of nitrogens with one attached hydrogen (secondary N) is 3. The SMILES string of the molecule is NC1CC(C(F)(F)F)C2NC1C1NNC(O1)[C@H](C(F)(F)F)CCCCCCS2(=O)=O. The van der Waals surface area contributed by atoms with Crippen LogP contribution in [0, 0.1) is 11.8 Å². The van der Waals surface area contributed by atoms with Crippen LogP contribution in [-0.4, -0.2) is 56.4 Å². The first-order valence-electron chi connectivity index (χ1n) is 9.84. The lowest BCUT2D eigenvalue weighted by molar-refractivity contribution is -0.213. The Balaban J connectivity index is 1.90. The summed E-state index contributed by atoms with van der Waals surface area (Å²) in [6, 6.07) is -2.31. The molecule has 0 aliphatic carbocycles. The van der Waals surface area contributed by atoms with Crippen molar-refractivity contribution in [3.63, 3.8) is 0 Å². The van der Waals surface area contributed by atoms with Crippen molar-refractivity contribution < 1.29 is 39.5 Å². The topological polar surface area (TPSA) is 105 Å². The van der Waals surface area contributed by atoms with Crippen molar-refractivity contribution in [1.82, 2.24) is 16.2 Å². The van der Waals surface area contributed by atoms with Crippen LogP contribution in [0.2, 0.25) is 0 Å². The molecule has 3 heterocycles. The van der Waals surface area contributed by atoms with Gasteiger partial charge < -0.3 is 10.5 Å². The van der Waals surface area contributed by atoms with Crippen LogP contribution in [0.1, 0.15) is 38.5 Å². The zero-order valence-corrected chi connectivity index (χ0v) is 16.8. The maximum Gasteiger partial charge on any atom is 0.395 e. The quantitative estimate of drug-likeness (QED) is 0.400.